The maximum Gasteiger partial charge on any atom is 0.261 e. The van der Waals surface area contributed by atoms with Gasteiger partial charge in [-0.25, -0.2) is 0 Å². The van der Waals surface area contributed by atoms with Gasteiger partial charge in [-0.3, -0.25) is 4.79 Å². The highest BCUT2D eigenvalue weighted by Gasteiger charge is 2.14. The van der Waals surface area contributed by atoms with Gasteiger partial charge in [0, 0.05) is 12.1 Å². The van der Waals surface area contributed by atoms with E-state index in [9.17, 15) is 4.79 Å². The summed E-state index contributed by atoms with van der Waals surface area (Å²) in [6, 6.07) is 16.1. The molecule has 4 heteroatoms. The van der Waals surface area contributed by atoms with Gasteiger partial charge in [-0.05, 0) is 37.1 Å². The van der Waals surface area contributed by atoms with Gasteiger partial charge < -0.3 is 15.0 Å². The van der Waals surface area contributed by atoms with Gasteiger partial charge in [-0.2, -0.15) is 0 Å². The number of carbonyl (C=O) groups excluding carboxylic acids is 1. The molecule has 2 N–H and O–H groups in total. The number of aryl methyl sites for hydroxylation is 1. The predicted molar refractivity (Wildman–Crippen MR) is 96.1 cm³/mol. The van der Waals surface area contributed by atoms with Crippen molar-refractivity contribution in [2.75, 3.05) is 14.1 Å². The minimum Gasteiger partial charge on any atom is -0.481 e. The van der Waals surface area contributed by atoms with Crippen LogP contribution in [0.15, 0.2) is 48.5 Å². The molecule has 0 heterocycles. The fourth-order valence-corrected chi connectivity index (χ4v) is 2.46. The molecule has 24 heavy (non-hydrogen) atoms. The quantitative estimate of drug-likeness (QED) is 0.813. The lowest BCUT2D eigenvalue weighted by atomic mass is 10.1. The smallest absolute Gasteiger partial charge is 0.261 e. The zero-order chi connectivity index (χ0) is 17.5. The monoisotopic (exact) mass is 327 g/mol. The fraction of sp³-hybridized carbons (Fsp3) is 0.350. The van der Waals surface area contributed by atoms with Crippen molar-refractivity contribution in [3.8, 4) is 5.75 Å². The topological polar surface area (TPSA) is 42.8 Å². The first-order valence-corrected chi connectivity index (χ1v) is 8.32. The Balaban J connectivity index is 1.83. The normalized spacial score (nSPS) is 12.0. The Morgan fingerprint density at radius 1 is 1.12 bits per heavy atom. The molecule has 0 spiro atoms. The van der Waals surface area contributed by atoms with E-state index in [1.165, 1.54) is 10.5 Å². The summed E-state index contributed by atoms with van der Waals surface area (Å²) in [5, 5.41) is 2.92. The lowest BCUT2D eigenvalue weighted by Gasteiger charge is -2.15. The molecule has 128 valence electrons. The largest absolute Gasteiger partial charge is 0.481 e. The van der Waals surface area contributed by atoms with Crippen molar-refractivity contribution >= 4 is 5.91 Å². The van der Waals surface area contributed by atoms with Crippen molar-refractivity contribution in [2.45, 2.75) is 33.0 Å². The van der Waals surface area contributed by atoms with Gasteiger partial charge in [0.15, 0.2) is 6.10 Å². The van der Waals surface area contributed by atoms with Crippen LogP contribution in [0.3, 0.4) is 0 Å². The SMILES string of the molecule is Cc1cccc(O[C@@H](C)C(=O)NCc2ccc(C[NH+](C)C)cc2)c1. The summed E-state index contributed by atoms with van der Waals surface area (Å²) in [4.78, 5) is 13.6. The standard InChI is InChI=1S/C20H26N2O2/c1-15-6-5-7-19(12-15)24-16(2)20(23)21-13-17-8-10-18(11-9-17)14-22(3)4/h5-12,16H,13-14H2,1-4H3,(H,21,23)/p+1/t16-/m0/s1. The van der Waals surface area contributed by atoms with Crippen molar-refractivity contribution in [2.24, 2.45) is 0 Å². The zero-order valence-corrected chi connectivity index (χ0v) is 14.9. The second kappa shape index (κ2) is 8.50. The van der Waals surface area contributed by atoms with E-state index >= 15 is 0 Å². The van der Waals surface area contributed by atoms with Crippen LogP contribution in [0.5, 0.6) is 5.75 Å². The van der Waals surface area contributed by atoms with Crippen LogP contribution in [-0.4, -0.2) is 26.1 Å². The van der Waals surface area contributed by atoms with Gasteiger partial charge in [-0.15, -0.1) is 0 Å². The maximum absolute atomic E-state index is 12.2. The Labute approximate surface area is 144 Å². The first kappa shape index (κ1) is 18.0. The van der Waals surface area contributed by atoms with Crippen LogP contribution in [-0.2, 0) is 17.9 Å². The van der Waals surface area contributed by atoms with E-state index in [1.54, 1.807) is 6.92 Å². The predicted octanol–water partition coefficient (Wildman–Crippen LogP) is 1.72. The number of rotatable bonds is 7. The molecule has 0 saturated carbocycles. The average Bonchev–Trinajstić information content (AvgIpc) is 2.53. The molecule has 0 fully saturated rings. The second-order valence-corrected chi connectivity index (χ2v) is 6.49. The number of carbonyl (C=O) groups is 1. The summed E-state index contributed by atoms with van der Waals surface area (Å²) in [6.45, 7) is 5.27. The highest BCUT2D eigenvalue weighted by molar-refractivity contribution is 5.80. The van der Waals surface area contributed by atoms with Crippen molar-refractivity contribution in [1.82, 2.24) is 5.32 Å². The third kappa shape index (κ3) is 5.70. The molecule has 2 aromatic rings. The molecule has 1 atom stereocenters. The summed E-state index contributed by atoms with van der Waals surface area (Å²) < 4.78 is 5.69. The molecule has 0 saturated heterocycles. The molecule has 0 unspecified atom stereocenters. The van der Waals surface area contributed by atoms with Gasteiger partial charge >= 0.3 is 0 Å². The van der Waals surface area contributed by atoms with E-state index in [4.69, 9.17) is 4.74 Å². The Morgan fingerprint density at radius 2 is 1.79 bits per heavy atom. The summed E-state index contributed by atoms with van der Waals surface area (Å²) in [7, 11) is 4.26. The van der Waals surface area contributed by atoms with Crippen molar-refractivity contribution < 1.29 is 14.4 Å². The Morgan fingerprint density at radius 3 is 2.42 bits per heavy atom. The number of benzene rings is 2. The minimum atomic E-state index is -0.525. The van der Waals surface area contributed by atoms with E-state index in [2.05, 4.69) is 43.7 Å². The Hall–Kier alpha value is -2.33. The number of ether oxygens (including phenoxy) is 1. The van der Waals surface area contributed by atoms with Crippen LogP contribution in [0.4, 0.5) is 0 Å². The Bertz CT molecular complexity index is 666. The van der Waals surface area contributed by atoms with Gasteiger partial charge in [-0.1, -0.05) is 36.4 Å². The number of nitrogens with one attached hydrogen (secondary N) is 2. The molecule has 1 amide bonds. The van der Waals surface area contributed by atoms with Crippen LogP contribution in [0, 0.1) is 6.92 Å². The first-order valence-electron chi connectivity index (χ1n) is 8.32. The molecule has 0 bridgehead atoms. The van der Waals surface area contributed by atoms with Gasteiger partial charge in [0.1, 0.15) is 12.3 Å². The van der Waals surface area contributed by atoms with E-state index in [-0.39, 0.29) is 5.91 Å². The van der Waals surface area contributed by atoms with Crippen LogP contribution in [0.25, 0.3) is 0 Å². The molecule has 0 radical (unpaired) electrons. The Kier molecular flexibility index (Phi) is 6.38. The highest BCUT2D eigenvalue weighted by atomic mass is 16.5. The average molecular weight is 327 g/mol. The van der Waals surface area contributed by atoms with E-state index in [1.807, 2.05) is 31.2 Å². The van der Waals surface area contributed by atoms with E-state index < -0.39 is 6.10 Å². The van der Waals surface area contributed by atoms with E-state index in [0.29, 0.717) is 12.3 Å². The molecule has 2 rings (SSSR count). The summed E-state index contributed by atoms with van der Waals surface area (Å²) in [5.74, 6) is 0.603. The van der Waals surface area contributed by atoms with Gasteiger partial charge in [0.05, 0.1) is 14.1 Å². The zero-order valence-electron chi connectivity index (χ0n) is 14.9. The summed E-state index contributed by atoms with van der Waals surface area (Å²) in [6.07, 6.45) is -0.525. The van der Waals surface area contributed by atoms with Crippen molar-refractivity contribution in [3.05, 3.63) is 65.2 Å². The lowest BCUT2D eigenvalue weighted by Crippen LogP contribution is -3.04. The first-order chi connectivity index (χ1) is 11.4. The molecule has 0 aliphatic rings. The minimum absolute atomic E-state index is 0.113. The summed E-state index contributed by atoms with van der Waals surface area (Å²) >= 11 is 0. The van der Waals surface area contributed by atoms with Crippen LogP contribution in [0.1, 0.15) is 23.6 Å². The van der Waals surface area contributed by atoms with Gasteiger partial charge in [0.25, 0.3) is 5.91 Å². The molecular weight excluding hydrogens is 300 g/mol. The molecule has 2 aromatic carbocycles. The number of hydrogen-bond donors (Lipinski definition) is 2. The highest BCUT2D eigenvalue weighted by Crippen LogP contribution is 2.14. The molecule has 0 aromatic heterocycles. The number of amides is 1. The van der Waals surface area contributed by atoms with Crippen LogP contribution >= 0.6 is 0 Å². The number of hydrogen-bond acceptors (Lipinski definition) is 2. The fourth-order valence-electron chi connectivity index (χ4n) is 2.46. The third-order valence-corrected chi connectivity index (χ3v) is 3.72. The van der Waals surface area contributed by atoms with Crippen LogP contribution in [0.2, 0.25) is 0 Å². The molecule has 0 aliphatic heterocycles. The second-order valence-electron chi connectivity index (χ2n) is 6.49. The van der Waals surface area contributed by atoms with Crippen molar-refractivity contribution in [1.29, 1.82) is 0 Å². The molecular formula is C20H27N2O2+. The number of quaternary nitrogens is 1. The maximum atomic E-state index is 12.2. The summed E-state index contributed by atoms with van der Waals surface area (Å²) in [5.41, 5.74) is 3.49. The van der Waals surface area contributed by atoms with Gasteiger partial charge in [0.2, 0.25) is 0 Å². The molecule has 4 nitrogen and oxygen atoms in total. The lowest BCUT2D eigenvalue weighted by molar-refractivity contribution is -0.872. The van der Waals surface area contributed by atoms with Crippen molar-refractivity contribution in [3.63, 3.8) is 0 Å². The van der Waals surface area contributed by atoms with Crippen LogP contribution < -0.4 is 15.0 Å². The van der Waals surface area contributed by atoms with E-state index in [0.717, 1.165) is 17.7 Å². The third-order valence-electron chi connectivity index (χ3n) is 3.72. The molecule has 0 aliphatic carbocycles.